The summed E-state index contributed by atoms with van der Waals surface area (Å²) in [6, 6.07) is 18.9. The van der Waals surface area contributed by atoms with Crippen LogP contribution < -0.4 is 5.32 Å². The molecule has 0 aliphatic rings. The molecule has 0 aromatic heterocycles. The van der Waals surface area contributed by atoms with Gasteiger partial charge in [0, 0.05) is 12.2 Å². The maximum atomic E-state index is 3.78. The summed E-state index contributed by atoms with van der Waals surface area (Å²) in [7, 11) is 0. The van der Waals surface area contributed by atoms with Crippen molar-refractivity contribution in [2.75, 3.05) is 11.9 Å². The number of hydrogen-bond donors (Lipinski definition) is 1. The van der Waals surface area contributed by atoms with Crippen LogP contribution in [0.3, 0.4) is 0 Å². The smallest absolute Gasteiger partial charge is 0.0340 e. The number of benzene rings is 2. The van der Waals surface area contributed by atoms with E-state index in [0.29, 0.717) is 0 Å². The predicted molar refractivity (Wildman–Crippen MR) is 108 cm³/mol. The van der Waals surface area contributed by atoms with Gasteiger partial charge in [-0.25, -0.2) is 0 Å². The molecule has 0 fully saturated rings. The van der Waals surface area contributed by atoms with Gasteiger partial charge in [0.25, 0.3) is 0 Å². The standard InChI is InChI=1S/C23H29N/c1-2-21-16-18-22(19-17-21)13-9-6-4-3-5-7-12-20-24-23-14-10-8-11-15-23/h2,8-11,13-19,24H,1,3-7,12,20H2. The lowest BCUT2D eigenvalue weighted by molar-refractivity contribution is 0.629. The number of nitrogens with one attached hydrogen (secondary N) is 1. The number of rotatable bonds is 11. The molecule has 0 saturated carbocycles. The molecule has 0 amide bonds. The first-order chi connectivity index (χ1) is 11.9. The molecule has 0 aliphatic heterocycles. The van der Waals surface area contributed by atoms with E-state index in [1.807, 2.05) is 6.08 Å². The van der Waals surface area contributed by atoms with Crippen LogP contribution in [0.2, 0.25) is 0 Å². The zero-order valence-corrected chi connectivity index (χ0v) is 14.6. The Kier molecular flexibility index (Phi) is 8.49. The zero-order valence-electron chi connectivity index (χ0n) is 14.6. The fraction of sp³-hybridized carbons (Fsp3) is 0.304. The molecule has 126 valence electrons. The molecule has 0 atom stereocenters. The number of hydrogen-bond acceptors (Lipinski definition) is 1. The first kappa shape index (κ1) is 18.1. The van der Waals surface area contributed by atoms with Crippen LogP contribution in [0.5, 0.6) is 0 Å². The first-order valence-corrected chi connectivity index (χ1v) is 9.06. The quantitative estimate of drug-likeness (QED) is 0.449. The SMILES string of the molecule is C=Cc1ccc(C=CCCCCCCCNc2ccccc2)cc1. The molecule has 0 heterocycles. The van der Waals surface area contributed by atoms with Crippen LogP contribution in [0, 0.1) is 0 Å². The van der Waals surface area contributed by atoms with Crippen molar-refractivity contribution in [1.82, 2.24) is 0 Å². The Hall–Kier alpha value is -2.28. The molecule has 1 nitrogen and oxygen atoms in total. The van der Waals surface area contributed by atoms with Crippen molar-refractivity contribution in [3.8, 4) is 0 Å². The van der Waals surface area contributed by atoms with Gasteiger partial charge >= 0.3 is 0 Å². The number of unbranched alkanes of at least 4 members (excludes halogenated alkanes) is 5. The molecule has 2 aromatic carbocycles. The molecule has 0 bridgehead atoms. The normalized spacial score (nSPS) is 10.8. The summed E-state index contributed by atoms with van der Waals surface area (Å²) in [4.78, 5) is 0. The highest BCUT2D eigenvalue weighted by atomic mass is 14.9. The van der Waals surface area contributed by atoms with Crippen LogP contribution in [-0.4, -0.2) is 6.54 Å². The average molecular weight is 319 g/mol. The van der Waals surface area contributed by atoms with E-state index in [2.05, 4.69) is 78.6 Å². The minimum absolute atomic E-state index is 1.07. The zero-order chi connectivity index (χ0) is 16.9. The molecule has 2 aromatic rings. The molecule has 2 rings (SSSR count). The van der Waals surface area contributed by atoms with Crippen LogP contribution >= 0.6 is 0 Å². The Morgan fingerprint density at radius 3 is 2.17 bits per heavy atom. The van der Waals surface area contributed by atoms with Crippen molar-refractivity contribution in [1.29, 1.82) is 0 Å². The fourth-order valence-electron chi connectivity index (χ4n) is 2.67. The van der Waals surface area contributed by atoms with Crippen molar-refractivity contribution < 1.29 is 0 Å². The highest BCUT2D eigenvalue weighted by Gasteiger charge is 1.92. The van der Waals surface area contributed by atoms with Gasteiger partial charge in [-0.3, -0.25) is 0 Å². The van der Waals surface area contributed by atoms with Gasteiger partial charge in [0.1, 0.15) is 0 Å². The van der Waals surface area contributed by atoms with Crippen LogP contribution in [0.25, 0.3) is 12.2 Å². The van der Waals surface area contributed by atoms with E-state index in [1.165, 1.54) is 55.3 Å². The van der Waals surface area contributed by atoms with Crippen molar-refractivity contribution in [3.05, 3.63) is 78.4 Å². The molecule has 24 heavy (non-hydrogen) atoms. The van der Waals surface area contributed by atoms with Crippen molar-refractivity contribution in [2.24, 2.45) is 0 Å². The van der Waals surface area contributed by atoms with E-state index in [0.717, 1.165) is 6.54 Å². The topological polar surface area (TPSA) is 12.0 Å². The number of para-hydroxylation sites is 1. The van der Waals surface area contributed by atoms with Crippen molar-refractivity contribution in [2.45, 2.75) is 38.5 Å². The molecular formula is C23H29N. The van der Waals surface area contributed by atoms with Crippen molar-refractivity contribution >= 4 is 17.8 Å². The van der Waals surface area contributed by atoms with Gasteiger partial charge in [-0.05, 0) is 42.5 Å². The third-order valence-corrected chi connectivity index (χ3v) is 4.13. The van der Waals surface area contributed by atoms with E-state index in [9.17, 15) is 0 Å². The highest BCUT2D eigenvalue weighted by Crippen LogP contribution is 2.11. The fourth-order valence-corrected chi connectivity index (χ4v) is 2.67. The summed E-state index contributed by atoms with van der Waals surface area (Å²) < 4.78 is 0. The molecule has 0 saturated heterocycles. The predicted octanol–water partition coefficient (Wildman–Crippen LogP) is 6.80. The summed E-state index contributed by atoms with van der Waals surface area (Å²) in [6.45, 7) is 4.85. The van der Waals surface area contributed by atoms with Gasteiger partial charge < -0.3 is 5.32 Å². The van der Waals surface area contributed by atoms with E-state index in [-0.39, 0.29) is 0 Å². The number of anilines is 1. The van der Waals surface area contributed by atoms with Crippen LogP contribution in [0.15, 0.2) is 67.3 Å². The third-order valence-electron chi connectivity index (χ3n) is 4.13. The molecule has 0 radical (unpaired) electrons. The van der Waals surface area contributed by atoms with Crippen molar-refractivity contribution in [3.63, 3.8) is 0 Å². The molecule has 0 spiro atoms. The Morgan fingerprint density at radius 2 is 1.42 bits per heavy atom. The van der Waals surface area contributed by atoms with Crippen LogP contribution in [-0.2, 0) is 0 Å². The second-order valence-corrected chi connectivity index (χ2v) is 6.12. The Bertz CT molecular complexity index is 596. The molecular weight excluding hydrogens is 290 g/mol. The van der Waals surface area contributed by atoms with Gasteiger partial charge in [0.05, 0.1) is 0 Å². The molecule has 0 aliphatic carbocycles. The minimum atomic E-state index is 1.07. The van der Waals surface area contributed by atoms with E-state index >= 15 is 0 Å². The average Bonchev–Trinajstić information content (AvgIpc) is 2.64. The Morgan fingerprint density at radius 1 is 0.750 bits per heavy atom. The maximum Gasteiger partial charge on any atom is 0.0340 e. The van der Waals surface area contributed by atoms with E-state index < -0.39 is 0 Å². The first-order valence-electron chi connectivity index (χ1n) is 9.06. The number of allylic oxidation sites excluding steroid dienone is 1. The van der Waals surface area contributed by atoms with Crippen LogP contribution in [0.1, 0.15) is 49.7 Å². The minimum Gasteiger partial charge on any atom is -0.385 e. The monoisotopic (exact) mass is 319 g/mol. The maximum absolute atomic E-state index is 3.78. The van der Waals surface area contributed by atoms with Gasteiger partial charge in [-0.15, -0.1) is 0 Å². The lowest BCUT2D eigenvalue weighted by Gasteiger charge is -2.05. The summed E-state index contributed by atoms with van der Waals surface area (Å²) in [5.74, 6) is 0. The van der Waals surface area contributed by atoms with Gasteiger partial charge in [-0.1, -0.05) is 86.5 Å². The van der Waals surface area contributed by atoms with E-state index in [4.69, 9.17) is 0 Å². The highest BCUT2D eigenvalue weighted by molar-refractivity contribution is 5.54. The molecule has 1 N–H and O–H groups in total. The lowest BCUT2D eigenvalue weighted by atomic mass is 10.1. The summed E-state index contributed by atoms with van der Waals surface area (Å²) in [5, 5.41) is 3.46. The third kappa shape index (κ3) is 7.32. The summed E-state index contributed by atoms with van der Waals surface area (Å²) in [6.07, 6.45) is 14.1. The van der Waals surface area contributed by atoms with Gasteiger partial charge in [-0.2, -0.15) is 0 Å². The van der Waals surface area contributed by atoms with E-state index in [1.54, 1.807) is 0 Å². The molecule has 0 unspecified atom stereocenters. The van der Waals surface area contributed by atoms with Gasteiger partial charge in [0.15, 0.2) is 0 Å². The summed E-state index contributed by atoms with van der Waals surface area (Å²) >= 11 is 0. The van der Waals surface area contributed by atoms with Crippen LogP contribution in [0.4, 0.5) is 5.69 Å². The molecule has 1 heteroatoms. The Labute approximate surface area is 147 Å². The Balaban J connectivity index is 1.46. The lowest BCUT2D eigenvalue weighted by Crippen LogP contribution is -2.00. The largest absolute Gasteiger partial charge is 0.385 e. The summed E-state index contributed by atoms with van der Waals surface area (Å²) in [5.41, 5.74) is 3.67. The second-order valence-electron chi connectivity index (χ2n) is 6.12. The second kappa shape index (κ2) is 11.3. The van der Waals surface area contributed by atoms with Gasteiger partial charge in [0.2, 0.25) is 0 Å².